The summed E-state index contributed by atoms with van der Waals surface area (Å²) in [5, 5.41) is 2.61. The first-order valence-corrected chi connectivity index (χ1v) is 8.65. The maximum atomic E-state index is 12.6. The minimum Gasteiger partial charge on any atom is -0.489 e. The Morgan fingerprint density at radius 2 is 2.08 bits per heavy atom. The van der Waals surface area contributed by atoms with Crippen molar-refractivity contribution in [3.63, 3.8) is 0 Å². The summed E-state index contributed by atoms with van der Waals surface area (Å²) in [6.07, 6.45) is 0.639. The molecule has 1 aliphatic rings. The summed E-state index contributed by atoms with van der Waals surface area (Å²) < 4.78 is 5.81. The van der Waals surface area contributed by atoms with Crippen molar-refractivity contribution in [3.05, 3.63) is 59.2 Å². The van der Waals surface area contributed by atoms with Crippen LogP contribution in [0.3, 0.4) is 0 Å². The summed E-state index contributed by atoms with van der Waals surface area (Å²) in [6, 6.07) is 12.9. The lowest BCUT2D eigenvalue weighted by atomic mass is 9.82. The number of carbonyl (C=O) groups is 2. The van der Waals surface area contributed by atoms with Crippen LogP contribution in [0.1, 0.15) is 34.8 Å². The predicted molar refractivity (Wildman–Crippen MR) is 99.6 cm³/mol. The van der Waals surface area contributed by atoms with E-state index >= 15 is 0 Å². The van der Waals surface area contributed by atoms with Crippen LogP contribution in [0.5, 0.6) is 5.75 Å². The fourth-order valence-corrected chi connectivity index (χ4v) is 3.13. The Bertz CT molecular complexity index is 833. The first-order chi connectivity index (χ1) is 12.5. The van der Waals surface area contributed by atoms with Gasteiger partial charge in [0.25, 0.3) is 0 Å². The molecule has 0 aromatic heterocycles. The molecule has 0 spiro atoms. The molecule has 0 saturated carbocycles. The smallest absolute Gasteiger partial charge is 0.232 e. The van der Waals surface area contributed by atoms with Gasteiger partial charge in [0, 0.05) is 16.8 Å². The van der Waals surface area contributed by atoms with Gasteiger partial charge in [0.15, 0.2) is 5.78 Å². The van der Waals surface area contributed by atoms with E-state index in [0.29, 0.717) is 36.4 Å². The van der Waals surface area contributed by atoms with Crippen molar-refractivity contribution in [2.45, 2.75) is 32.5 Å². The van der Waals surface area contributed by atoms with Crippen molar-refractivity contribution < 1.29 is 14.3 Å². The molecule has 0 fully saturated rings. The summed E-state index contributed by atoms with van der Waals surface area (Å²) in [6.45, 7) is 2.03. The molecular weight excluding hydrogens is 330 g/mol. The van der Waals surface area contributed by atoms with E-state index in [1.165, 1.54) is 0 Å². The maximum absolute atomic E-state index is 12.6. The number of hydrogen-bond acceptors (Lipinski definition) is 5. The second kappa shape index (κ2) is 7.58. The second-order valence-corrected chi connectivity index (χ2v) is 6.56. The lowest BCUT2D eigenvalue weighted by Gasteiger charge is -2.24. The minimum absolute atomic E-state index is 0.164. The molecule has 1 aliphatic carbocycles. The molecule has 136 valence electrons. The molecular formula is C20H23N3O3. The van der Waals surface area contributed by atoms with Crippen LogP contribution in [0.2, 0.25) is 0 Å². The number of amides is 1. The highest BCUT2D eigenvalue weighted by Gasteiger charge is 2.33. The van der Waals surface area contributed by atoms with Crippen LogP contribution in [0.25, 0.3) is 0 Å². The number of para-hydroxylation sites is 1. The summed E-state index contributed by atoms with van der Waals surface area (Å²) in [7, 11) is 0. The van der Waals surface area contributed by atoms with Crippen molar-refractivity contribution in [2.24, 2.45) is 11.7 Å². The molecule has 3 rings (SSSR count). The van der Waals surface area contributed by atoms with Gasteiger partial charge in [-0.3, -0.25) is 9.59 Å². The lowest BCUT2D eigenvalue weighted by Crippen LogP contribution is -2.45. The third kappa shape index (κ3) is 3.86. The molecule has 2 atom stereocenters. The Kier molecular flexibility index (Phi) is 5.23. The van der Waals surface area contributed by atoms with E-state index in [-0.39, 0.29) is 11.7 Å². The number of rotatable bonds is 5. The summed E-state index contributed by atoms with van der Waals surface area (Å²) in [5.41, 5.74) is 14.6. The van der Waals surface area contributed by atoms with Gasteiger partial charge in [0.1, 0.15) is 18.3 Å². The second-order valence-electron chi connectivity index (χ2n) is 6.56. The van der Waals surface area contributed by atoms with E-state index in [1.54, 1.807) is 19.1 Å². The highest BCUT2D eigenvalue weighted by molar-refractivity contribution is 6.11. The molecule has 26 heavy (non-hydrogen) atoms. The Morgan fingerprint density at radius 3 is 2.81 bits per heavy atom. The van der Waals surface area contributed by atoms with E-state index in [2.05, 4.69) is 5.32 Å². The standard InChI is InChI=1S/C20H23N3O3/c1-12(21)23-20(25)17-8-6-13-10-15(7-9-16(13)19(17)24)26-11-14-4-2-3-5-18(14)22/h2-5,7,9-10,12,17H,6,8,11,21-22H2,1H3,(H,23,25)/t12-,17?/m0/s1. The molecule has 6 nitrogen and oxygen atoms in total. The van der Waals surface area contributed by atoms with Crippen LogP contribution in [-0.4, -0.2) is 17.9 Å². The minimum atomic E-state index is -0.676. The van der Waals surface area contributed by atoms with E-state index in [4.69, 9.17) is 16.2 Å². The van der Waals surface area contributed by atoms with Crippen molar-refractivity contribution in [1.29, 1.82) is 0 Å². The van der Waals surface area contributed by atoms with Crippen LogP contribution < -0.4 is 21.5 Å². The average molecular weight is 353 g/mol. The first-order valence-electron chi connectivity index (χ1n) is 8.65. The van der Waals surface area contributed by atoms with Gasteiger partial charge in [-0.15, -0.1) is 0 Å². The molecule has 0 saturated heterocycles. The SMILES string of the molecule is C[C@@H](N)NC(=O)C1CCc2cc(OCc3ccccc3N)ccc2C1=O. The number of anilines is 1. The number of nitrogens with one attached hydrogen (secondary N) is 1. The fourth-order valence-electron chi connectivity index (χ4n) is 3.13. The number of nitrogens with two attached hydrogens (primary N) is 2. The average Bonchev–Trinajstić information content (AvgIpc) is 2.60. The van der Waals surface area contributed by atoms with E-state index in [1.807, 2.05) is 30.3 Å². The van der Waals surface area contributed by atoms with Gasteiger partial charge in [-0.25, -0.2) is 0 Å². The highest BCUT2D eigenvalue weighted by Crippen LogP contribution is 2.29. The fraction of sp³-hybridized carbons (Fsp3) is 0.300. The summed E-state index contributed by atoms with van der Waals surface area (Å²) >= 11 is 0. The third-order valence-electron chi connectivity index (χ3n) is 4.50. The zero-order chi connectivity index (χ0) is 18.7. The summed E-state index contributed by atoms with van der Waals surface area (Å²) in [4.78, 5) is 24.8. The normalized spacial score (nSPS) is 17.3. The topological polar surface area (TPSA) is 107 Å². The van der Waals surface area contributed by atoms with Gasteiger partial charge in [0.05, 0.1) is 6.17 Å². The Hall–Kier alpha value is -2.86. The van der Waals surface area contributed by atoms with Crippen LogP contribution in [-0.2, 0) is 17.8 Å². The zero-order valence-electron chi connectivity index (χ0n) is 14.7. The van der Waals surface area contributed by atoms with Crippen molar-refractivity contribution in [1.82, 2.24) is 5.32 Å². The maximum Gasteiger partial charge on any atom is 0.232 e. The molecule has 2 aromatic carbocycles. The van der Waals surface area contributed by atoms with Gasteiger partial charge in [-0.1, -0.05) is 18.2 Å². The van der Waals surface area contributed by atoms with Crippen LogP contribution in [0.4, 0.5) is 5.69 Å². The quantitative estimate of drug-likeness (QED) is 0.433. The van der Waals surface area contributed by atoms with Crippen molar-refractivity contribution >= 4 is 17.4 Å². The van der Waals surface area contributed by atoms with Crippen LogP contribution in [0, 0.1) is 5.92 Å². The number of benzene rings is 2. The molecule has 0 bridgehead atoms. The molecule has 5 N–H and O–H groups in total. The van der Waals surface area contributed by atoms with Gasteiger partial charge in [-0.2, -0.15) is 0 Å². The molecule has 0 aliphatic heterocycles. The number of ether oxygens (including phenoxy) is 1. The molecule has 1 amide bonds. The number of nitrogen functional groups attached to an aromatic ring is 1. The van der Waals surface area contributed by atoms with E-state index in [9.17, 15) is 9.59 Å². The lowest BCUT2D eigenvalue weighted by molar-refractivity contribution is -0.124. The molecule has 6 heteroatoms. The molecule has 2 aromatic rings. The molecule has 0 heterocycles. The Labute approximate surface area is 152 Å². The van der Waals surface area contributed by atoms with Gasteiger partial charge in [0.2, 0.25) is 5.91 Å². The van der Waals surface area contributed by atoms with E-state index in [0.717, 1.165) is 11.1 Å². The predicted octanol–water partition coefficient (Wildman–Crippen LogP) is 2.01. The highest BCUT2D eigenvalue weighted by atomic mass is 16.5. The van der Waals surface area contributed by atoms with Gasteiger partial charge >= 0.3 is 0 Å². The number of hydrogen-bond donors (Lipinski definition) is 3. The number of fused-ring (bicyclic) bond motifs is 1. The van der Waals surface area contributed by atoms with Crippen LogP contribution >= 0.6 is 0 Å². The third-order valence-corrected chi connectivity index (χ3v) is 4.50. The monoisotopic (exact) mass is 353 g/mol. The first kappa shape index (κ1) is 17.9. The Balaban J connectivity index is 1.71. The van der Waals surface area contributed by atoms with Crippen molar-refractivity contribution in [2.75, 3.05) is 5.73 Å². The number of Topliss-reactive ketones (excluding diaryl/α,β-unsaturated/α-hetero) is 1. The summed E-state index contributed by atoms with van der Waals surface area (Å²) in [5.74, 6) is -0.471. The number of ketones is 1. The Morgan fingerprint density at radius 1 is 1.31 bits per heavy atom. The van der Waals surface area contributed by atoms with Crippen molar-refractivity contribution in [3.8, 4) is 5.75 Å². The number of carbonyl (C=O) groups excluding carboxylic acids is 2. The van der Waals surface area contributed by atoms with Gasteiger partial charge < -0.3 is 21.5 Å². The number of aryl methyl sites for hydroxylation is 1. The van der Waals surface area contributed by atoms with E-state index < -0.39 is 12.1 Å². The van der Waals surface area contributed by atoms with Gasteiger partial charge in [-0.05, 0) is 49.6 Å². The molecule has 1 unspecified atom stereocenters. The zero-order valence-corrected chi connectivity index (χ0v) is 14.7. The van der Waals surface area contributed by atoms with Crippen LogP contribution in [0.15, 0.2) is 42.5 Å². The largest absolute Gasteiger partial charge is 0.489 e. The molecule has 0 radical (unpaired) electrons.